The molecular formula is C14H22N2O5. The minimum Gasteiger partial charge on any atom is -0.464 e. The van der Waals surface area contributed by atoms with Crippen LogP contribution in [0.4, 0.5) is 4.79 Å². The van der Waals surface area contributed by atoms with Gasteiger partial charge < -0.3 is 9.47 Å². The van der Waals surface area contributed by atoms with Crippen molar-refractivity contribution in [2.75, 3.05) is 6.61 Å². The fourth-order valence-electron chi connectivity index (χ4n) is 2.27. The van der Waals surface area contributed by atoms with Crippen molar-refractivity contribution in [3.05, 3.63) is 0 Å². The van der Waals surface area contributed by atoms with Crippen LogP contribution in [0.5, 0.6) is 0 Å². The number of unbranched alkanes of at least 4 members (excludes halogenated alkanes) is 1. The van der Waals surface area contributed by atoms with E-state index < -0.39 is 35.7 Å². The maximum Gasteiger partial charge on any atom is 0.417 e. The Labute approximate surface area is 123 Å². The van der Waals surface area contributed by atoms with Crippen molar-refractivity contribution in [2.24, 2.45) is 0 Å². The molecule has 2 aliphatic heterocycles. The van der Waals surface area contributed by atoms with Gasteiger partial charge in [-0.2, -0.15) is 0 Å². The van der Waals surface area contributed by atoms with E-state index in [0.29, 0.717) is 6.61 Å². The Morgan fingerprint density at radius 3 is 2.57 bits per heavy atom. The zero-order chi connectivity index (χ0) is 15.8. The number of nitrogens with zero attached hydrogens (tertiary/aromatic N) is 1. The average Bonchev–Trinajstić information content (AvgIpc) is 3.07. The Kier molecular flexibility index (Phi) is 4.22. The molecule has 2 fully saturated rings. The topological polar surface area (TPSA) is 94.9 Å². The monoisotopic (exact) mass is 298 g/mol. The summed E-state index contributed by atoms with van der Waals surface area (Å²) in [6, 6.07) is -1.74. The molecule has 2 aliphatic rings. The Balaban J connectivity index is 2.05. The first-order valence-electron chi connectivity index (χ1n) is 7.25. The van der Waals surface area contributed by atoms with Gasteiger partial charge in [0.1, 0.15) is 11.6 Å². The lowest BCUT2D eigenvalue weighted by Crippen LogP contribution is -2.51. The predicted octanol–water partition coefficient (Wildman–Crippen LogP) is 0.816. The zero-order valence-electron chi connectivity index (χ0n) is 12.8. The highest BCUT2D eigenvalue weighted by atomic mass is 16.6. The van der Waals surface area contributed by atoms with Crippen molar-refractivity contribution in [2.45, 2.75) is 64.3 Å². The van der Waals surface area contributed by atoms with Crippen molar-refractivity contribution >= 4 is 18.0 Å². The first-order valence-corrected chi connectivity index (χ1v) is 7.25. The van der Waals surface area contributed by atoms with Gasteiger partial charge in [-0.3, -0.25) is 10.1 Å². The first kappa shape index (κ1) is 15.8. The van der Waals surface area contributed by atoms with Gasteiger partial charge in [0.25, 0.3) is 5.91 Å². The SMILES string of the molecule is CCCCOC(=O)[C@@H]1[C@H]2N[C@H]2C(=O)N1C(=O)OC(C)(C)C. The maximum atomic E-state index is 12.1. The number of ether oxygens (including phenoxy) is 2. The summed E-state index contributed by atoms with van der Waals surface area (Å²) in [5.74, 6) is -0.980. The van der Waals surface area contributed by atoms with E-state index in [9.17, 15) is 14.4 Å². The molecule has 21 heavy (non-hydrogen) atoms. The lowest BCUT2D eigenvalue weighted by molar-refractivity contribution is -0.152. The minimum absolute atomic E-state index is 0.291. The van der Waals surface area contributed by atoms with E-state index in [-0.39, 0.29) is 6.04 Å². The fraction of sp³-hybridized carbons (Fsp3) is 0.786. The van der Waals surface area contributed by atoms with Crippen LogP contribution in [0.2, 0.25) is 0 Å². The van der Waals surface area contributed by atoms with E-state index >= 15 is 0 Å². The van der Waals surface area contributed by atoms with Crippen LogP contribution in [-0.4, -0.2) is 53.2 Å². The highest BCUT2D eigenvalue weighted by Gasteiger charge is 2.64. The molecule has 0 aromatic heterocycles. The van der Waals surface area contributed by atoms with E-state index in [0.717, 1.165) is 17.7 Å². The van der Waals surface area contributed by atoms with Crippen molar-refractivity contribution in [1.29, 1.82) is 0 Å². The Morgan fingerprint density at radius 2 is 2.00 bits per heavy atom. The number of imide groups is 1. The number of fused-ring (bicyclic) bond motifs is 1. The van der Waals surface area contributed by atoms with Crippen LogP contribution in [0.15, 0.2) is 0 Å². The van der Waals surface area contributed by atoms with Crippen LogP contribution < -0.4 is 5.32 Å². The third kappa shape index (κ3) is 3.34. The summed E-state index contributed by atoms with van der Waals surface area (Å²) in [5.41, 5.74) is -0.728. The van der Waals surface area contributed by atoms with E-state index in [1.165, 1.54) is 0 Å². The van der Waals surface area contributed by atoms with Gasteiger partial charge >= 0.3 is 12.1 Å². The first-order chi connectivity index (χ1) is 9.76. The molecule has 0 aromatic rings. The van der Waals surface area contributed by atoms with Gasteiger partial charge in [-0.05, 0) is 27.2 Å². The molecule has 0 aromatic carbocycles. The highest BCUT2D eigenvalue weighted by Crippen LogP contribution is 2.32. The van der Waals surface area contributed by atoms with Crippen molar-refractivity contribution in [1.82, 2.24) is 10.2 Å². The standard InChI is InChI=1S/C14H22N2O5/c1-5-6-7-20-12(18)10-8-9(15-8)11(17)16(10)13(19)21-14(2,3)4/h8-10,15H,5-7H2,1-4H3/t8-,9+,10-/m0/s1. The van der Waals surface area contributed by atoms with E-state index in [1.54, 1.807) is 20.8 Å². The number of piperazine rings is 1. The van der Waals surface area contributed by atoms with E-state index in [1.807, 2.05) is 6.92 Å². The number of nitrogens with one attached hydrogen (secondary N) is 1. The molecule has 0 bridgehead atoms. The molecule has 0 saturated carbocycles. The summed E-state index contributed by atoms with van der Waals surface area (Å²) in [6.07, 6.45) is 0.857. The van der Waals surface area contributed by atoms with Crippen molar-refractivity contribution in [3.8, 4) is 0 Å². The Hall–Kier alpha value is -1.63. The predicted molar refractivity (Wildman–Crippen MR) is 73.4 cm³/mol. The molecule has 2 saturated heterocycles. The number of hydrogen-bond acceptors (Lipinski definition) is 6. The molecule has 118 valence electrons. The highest BCUT2D eigenvalue weighted by molar-refractivity contribution is 6.05. The number of rotatable bonds is 4. The summed E-state index contributed by atoms with van der Waals surface area (Å²) >= 11 is 0. The smallest absolute Gasteiger partial charge is 0.417 e. The van der Waals surface area contributed by atoms with Crippen LogP contribution in [-0.2, 0) is 19.1 Å². The molecular weight excluding hydrogens is 276 g/mol. The van der Waals surface area contributed by atoms with Gasteiger partial charge in [-0.15, -0.1) is 0 Å². The molecule has 7 nitrogen and oxygen atoms in total. The summed E-state index contributed by atoms with van der Waals surface area (Å²) in [5, 5.41) is 2.89. The second-order valence-electron chi connectivity index (χ2n) is 6.32. The number of esters is 1. The van der Waals surface area contributed by atoms with Gasteiger partial charge in [-0.1, -0.05) is 13.3 Å². The molecule has 0 spiro atoms. The second kappa shape index (κ2) is 5.63. The minimum atomic E-state index is -0.922. The van der Waals surface area contributed by atoms with Gasteiger partial charge in [0.05, 0.1) is 12.6 Å². The van der Waals surface area contributed by atoms with Crippen LogP contribution in [0, 0.1) is 0 Å². The van der Waals surface area contributed by atoms with E-state index in [2.05, 4.69) is 5.32 Å². The molecule has 2 heterocycles. The summed E-state index contributed by atoms with van der Waals surface area (Å²) in [4.78, 5) is 37.2. The van der Waals surface area contributed by atoms with Gasteiger partial charge in [0.15, 0.2) is 6.04 Å². The fourth-order valence-corrected chi connectivity index (χ4v) is 2.27. The number of likely N-dealkylation sites (tertiary alicyclic amines) is 1. The van der Waals surface area contributed by atoms with Gasteiger partial charge in [0.2, 0.25) is 0 Å². The molecule has 3 atom stereocenters. The number of carbonyl (C=O) groups is 3. The Bertz CT molecular complexity index is 457. The largest absolute Gasteiger partial charge is 0.464 e. The lowest BCUT2D eigenvalue weighted by atomic mass is 10.2. The molecule has 0 aliphatic carbocycles. The quantitative estimate of drug-likeness (QED) is 0.469. The second-order valence-corrected chi connectivity index (χ2v) is 6.32. The zero-order valence-corrected chi connectivity index (χ0v) is 12.8. The average molecular weight is 298 g/mol. The van der Waals surface area contributed by atoms with Crippen molar-refractivity contribution in [3.63, 3.8) is 0 Å². The van der Waals surface area contributed by atoms with Crippen molar-refractivity contribution < 1.29 is 23.9 Å². The third-order valence-corrected chi connectivity index (χ3v) is 3.32. The molecule has 1 N–H and O–H groups in total. The molecule has 2 amide bonds. The van der Waals surface area contributed by atoms with E-state index in [4.69, 9.17) is 9.47 Å². The van der Waals surface area contributed by atoms with Gasteiger partial charge in [0, 0.05) is 0 Å². The lowest BCUT2D eigenvalue weighted by Gasteiger charge is -2.27. The maximum absolute atomic E-state index is 12.1. The number of carbonyl (C=O) groups excluding carboxylic acids is 3. The third-order valence-electron chi connectivity index (χ3n) is 3.32. The number of hydrogen-bond donors (Lipinski definition) is 1. The summed E-state index contributed by atoms with van der Waals surface area (Å²) in [7, 11) is 0. The molecule has 7 heteroatoms. The normalized spacial score (nSPS) is 27.3. The molecule has 0 unspecified atom stereocenters. The van der Waals surface area contributed by atoms with Gasteiger partial charge in [-0.25, -0.2) is 14.5 Å². The van der Waals surface area contributed by atoms with Crippen LogP contribution in [0.25, 0.3) is 0 Å². The summed E-state index contributed by atoms with van der Waals surface area (Å²) < 4.78 is 10.3. The number of amides is 2. The summed E-state index contributed by atoms with van der Waals surface area (Å²) in [6.45, 7) is 7.40. The van der Waals surface area contributed by atoms with Crippen LogP contribution in [0.1, 0.15) is 40.5 Å². The van der Waals surface area contributed by atoms with Crippen LogP contribution >= 0.6 is 0 Å². The van der Waals surface area contributed by atoms with Crippen LogP contribution in [0.3, 0.4) is 0 Å². The Morgan fingerprint density at radius 1 is 1.33 bits per heavy atom. The molecule has 2 rings (SSSR count). The molecule has 0 radical (unpaired) electrons.